The summed E-state index contributed by atoms with van der Waals surface area (Å²) in [5, 5.41) is 2.72. The number of ether oxygens (including phenoxy) is 2. The van der Waals surface area contributed by atoms with Crippen molar-refractivity contribution >= 4 is 17.6 Å². The van der Waals surface area contributed by atoms with E-state index in [1.165, 1.54) is 0 Å². The highest BCUT2D eigenvalue weighted by atomic mass is 16.5. The summed E-state index contributed by atoms with van der Waals surface area (Å²) in [7, 11) is 0. The molecule has 5 nitrogen and oxygen atoms in total. The van der Waals surface area contributed by atoms with E-state index < -0.39 is 0 Å². The van der Waals surface area contributed by atoms with Crippen molar-refractivity contribution < 1.29 is 19.1 Å². The van der Waals surface area contributed by atoms with Gasteiger partial charge in [0.15, 0.2) is 6.61 Å². The van der Waals surface area contributed by atoms with Gasteiger partial charge in [0.1, 0.15) is 5.75 Å². The average Bonchev–Trinajstić information content (AvgIpc) is 2.54. The Kier molecular flexibility index (Phi) is 5.95. The standard InChI is InChI=1S/C19H21NO4/c1-13(2)24-19(22)15-8-10-16(11-9-15)20-18(21)12-23-17-7-5-4-6-14(17)3/h4-11,13H,12H2,1-3H3,(H,20,21). The molecule has 0 bridgehead atoms. The van der Waals surface area contributed by atoms with E-state index in [4.69, 9.17) is 9.47 Å². The fourth-order valence-corrected chi connectivity index (χ4v) is 2.03. The molecule has 1 amide bonds. The monoisotopic (exact) mass is 327 g/mol. The molecule has 0 saturated heterocycles. The van der Waals surface area contributed by atoms with Gasteiger partial charge in [0.25, 0.3) is 5.91 Å². The van der Waals surface area contributed by atoms with Crippen molar-refractivity contribution in [2.75, 3.05) is 11.9 Å². The SMILES string of the molecule is Cc1ccccc1OCC(=O)Nc1ccc(C(=O)OC(C)C)cc1. The summed E-state index contributed by atoms with van der Waals surface area (Å²) in [6.45, 7) is 5.42. The molecule has 0 aliphatic rings. The Balaban J connectivity index is 1.88. The minimum Gasteiger partial charge on any atom is -0.483 e. The van der Waals surface area contributed by atoms with Gasteiger partial charge in [0.05, 0.1) is 11.7 Å². The average molecular weight is 327 g/mol. The molecule has 1 N–H and O–H groups in total. The molecule has 0 heterocycles. The molecule has 126 valence electrons. The van der Waals surface area contributed by atoms with Crippen LogP contribution in [0, 0.1) is 6.92 Å². The predicted octanol–water partition coefficient (Wildman–Crippen LogP) is 3.58. The molecule has 5 heteroatoms. The largest absolute Gasteiger partial charge is 0.483 e. The van der Waals surface area contributed by atoms with Crippen molar-refractivity contribution in [2.45, 2.75) is 26.9 Å². The molecular weight excluding hydrogens is 306 g/mol. The summed E-state index contributed by atoms with van der Waals surface area (Å²) < 4.78 is 10.6. The van der Waals surface area contributed by atoms with Gasteiger partial charge in [-0.1, -0.05) is 18.2 Å². The number of anilines is 1. The number of esters is 1. The Bertz CT molecular complexity index is 708. The summed E-state index contributed by atoms with van der Waals surface area (Å²) in [5.74, 6) is 0.0287. The van der Waals surface area contributed by atoms with Gasteiger partial charge in [-0.15, -0.1) is 0 Å². The predicted molar refractivity (Wildman–Crippen MR) is 92.3 cm³/mol. The minimum atomic E-state index is -0.384. The van der Waals surface area contributed by atoms with Gasteiger partial charge in [-0.05, 0) is 56.7 Å². The number of benzene rings is 2. The van der Waals surface area contributed by atoms with E-state index in [1.54, 1.807) is 38.1 Å². The van der Waals surface area contributed by atoms with E-state index in [9.17, 15) is 9.59 Å². The molecule has 0 aliphatic heterocycles. The summed E-state index contributed by atoms with van der Waals surface area (Å²) >= 11 is 0. The van der Waals surface area contributed by atoms with Crippen LogP contribution in [0.25, 0.3) is 0 Å². The van der Waals surface area contributed by atoms with E-state index in [0.29, 0.717) is 17.0 Å². The third-order valence-corrected chi connectivity index (χ3v) is 3.20. The number of rotatable bonds is 6. The van der Waals surface area contributed by atoms with E-state index in [2.05, 4.69) is 5.32 Å². The first kappa shape index (κ1) is 17.5. The topological polar surface area (TPSA) is 64.6 Å². The molecule has 24 heavy (non-hydrogen) atoms. The maximum atomic E-state index is 11.9. The lowest BCUT2D eigenvalue weighted by atomic mass is 10.2. The van der Waals surface area contributed by atoms with Crippen molar-refractivity contribution in [3.8, 4) is 5.75 Å². The molecule has 0 aliphatic carbocycles. The Labute approximate surface area is 141 Å². The van der Waals surface area contributed by atoms with Crippen molar-refractivity contribution in [3.05, 3.63) is 59.7 Å². The number of para-hydroxylation sites is 1. The molecule has 0 fully saturated rings. The second-order valence-electron chi connectivity index (χ2n) is 5.63. The first-order valence-electron chi connectivity index (χ1n) is 7.75. The Morgan fingerprint density at radius 3 is 2.33 bits per heavy atom. The van der Waals surface area contributed by atoms with Crippen LogP contribution in [0.1, 0.15) is 29.8 Å². The van der Waals surface area contributed by atoms with E-state index >= 15 is 0 Å². The van der Waals surface area contributed by atoms with Crippen LogP contribution in [0.15, 0.2) is 48.5 Å². The lowest BCUT2D eigenvalue weighted by Gasteiger charge is -2.10. The fourth-order valence-electron chi connectivity index (χ4n) is 2.03. The van der Waals surface area contributed by atoms with Crippen molar-refractivity contribution in [1.82, 2.24) is 0 Å². The van der Waals surface area contributed by atoms with Gasteiger partial charge >= 0.3 is 5.97 Å². The summed E-state index contributed by atoms with van der Waals surface area (Å²) in [4.78, 5) is 23.7. The van der Waals surface area contributed by atoms with Gasteiger partial charge in [-0.2, -0.15) is 0 Å². The Hall–Kier alpha value is -2.82. The number of carbonyl (C=O) groups excluding carboxylic acids is 2. The lowest BCUT2D eigenvalue weighted by molar-refractivity contribution is -0.118. The van der Waals surface area contributed by atoms with E-state index in [-0.39, 0.29) is 24.6 Å². The molecular formula is C19H21NO4. The van der Waals surface area contributed by atoms with Crippen LogP contribution in [-0.4, -0.2) is 24.6 Å². The smallest absolute Gasteiger partial charge is 0.338 e. The third-order valence-electron chi connectivity index (χ3n) is 3.20. The van der Waals surface area contributed by atoms with Gasteiger partial charge in [0.2, 0.25) is 0 Å². The summed E-state index contributed by atoms with van der Waals surface area (Å²) in [5.41, 5.74) is 2.01. The zero-order valence-corrected chi connectivity index (χ0v) is 14.0. The first-order chi connectivity index (χ1) is 11.5. The highest BCUT2D eigenvalue weighted by molar-refractivity contribution is 5.93. The van der Waals surface area contributed by atoms with Crippen LogP contribution in [0.5, 0.6) is 5.75 Å². The molecule has 0 spiro atoms. The quantitative estimate of drug-likeness (QED) is 0.824. The van der Waals surface area contributed by atoms with Crippen LogP contribution >= 0.6 is 0 Å². The molecule has 0 radical (unpaired) electrons. The number of hydrogen-bond donors (Lipinski definition) is 1. The number of nitrogens with one attached hydrogen (secondary N) is 1. The van der Waals surface area contributed by atoms with Crippen LogP contribution in [-0.2, 0) is 9.53 Å². The van der Waals surface area contributed by atoms with E-state index in [1.807, 2.05) is 31.2 Å². The summed E-state index contributed by atoms with van der Waals surface area (Å²) in [6.07, 6.45) is -0.171. The minimum absolute atomic E-state index is 0.0814. The van der Waals surface area contributed by atoms with Crippen LogP contribution in [0.2, 0.25) is 0 Å². The van der Waals surface area contributed by atoms with Gasteiger partial charge < -0.3 is 14.8 Å². The van der Waals surface area contributed by atoms with Crippen LogP contribution in [0.4, 0.5) is 5.69 Å². The highest BCUT2D eigenvalue weighted by Crippen LogP contribution is 2.16. The molecule has 0 aromatic heterocycles. The summed E-state index contributed by atoms with van der Waals surface area (Å²) in [6, 6.07) is 14.0. The normalized spacial score (nSPS) is 10.3. The zero-order valence-electron chi connectivity index (χ0n) is 14.0. The van der Waals surface area contributed by atoms with Crippen LogP contribution < -0.4 is 10.1 Å². The third kappa shape index (κ3) is 5.12. The van der Waals surface area contributed by atoms with Crippen molar-refractivity contribution in [2.24, 2.45) is 0 Å². The number of hydrogen-bond acceptors (Lipinski definition) is 4. The molecule has 2 rings (SSSR count). The molecule has 2 aromatic rings. The highest BCUT2D eigenvalue weighted by Gasteiger charge is 2.10. The molecule has 0 unspecified atom stereocenters. The van der Waals surface area contributed by atoms with E-state index in [0.717, 1.165) is 5.56 Å². The number of aryl methyl sites for hydroxylation is 1. The fraction of sp³-hybridized carbons (Fsp3) is 0.263. The maximum absolute atomic E-state index is 11.9. The zero-order chi connectivity index (χ0) is 17.5. The maximum Gasteiger partial charge on any atom is 0.338 e. The molecule has 0 saturated carbocycles. The van der Waals surface area contributed by atoms with Crippen molar-refractivity contribution in [3.63, 3.8) is 0 Å². The Morgan fingerprint density at radius 1 is 1.04 bits per heavy atom. The molecule has 0 atom stereocenters. The lowest BCUT2D eigenvalue weighted by Crippen LogP contribution is -2.20. The first-order valence-corrected chi connectivity index (χ1v) is 7.75. The second-order valence-corrected chi connectivity index (χ2v) is 5.63. The Morgan fingerprint density at radius 2 is 1.71 bits per heavy atom. The number of carbonyl (C=O) groups is 2. The van der Waals surface area contributed by atoms with Gasteiger partial charge in [-0.3, -0.25) is 4.79 Å². The van der Waals surface area contributed by atoms with Gasteiger partial charge in [-0.25, -0.2) is 4.79 Å². The van der Waals surface area contributed by atoms with Crippen molar-refractivity contribution in [1.29, 1.82) is 0 Å². The van der Waals surface area contributed by atoms with Crippen LogP contribution in [0.3, 0.4) is 0 Å². The second kappa shape index (κ2) is 8.15. The molecule has 2 aromatic carbocycles. The number of amides is 1. The van der Waals surface area contributed by atoms with Gasteiger partial charge in [0, 0.05) is 5.69 Å².